The fourth-order valence-electron chi connectivity index (χ4n) is 2.55. The molecule has 1 saturated carbocycles. The zero-order chi connectivity index (χ0) is 15.3. The van der Waals surface area contributed by atoms with E-state index in [9.17, 15) is 4.39 Å². The van der Waals surface area contributed by atoms with Gasteiger partial charge >= 0.3 is 0 Å². The first-order chi connectivity index (χ1) is 9.81. The predicted octanol–water partition coefficient (Wildman–Crippen LogP) is 3.12. The standard InChI is InChI=1S/C16H20FN3O/c1-15(2,10-6-8-12(17)9-7-10)13-19-14(21-20-13)16(3,18)11-4-5-11/h6-9,11H,4-5,18H2,1-3H3. The van der Waals surface area contributed by atoms with Gasteiger partial charge in [0.2, 0.25) is 5.89 Å². The van der Waals surface area contributed by atoms with Crippen LogP contribution in [0, 0.1) is 11.7 Å². The van der Waals surface area contributed by atoms with Crippen LogP contribution in [0.25, 0.3) is 0 Å². The Labute approximate surface area is 123 Å². The van der Waals surface area contributed by atoms with E-state index in [0.29, 0.717) is 17.6 Å². The lowest BCUT2D eigenvalue weighted by atomic mass is 9.84. The molecule has 0 bridgehead atoms. The van der Waals surface area contributed by atoms with Crippen molar-refractivity contribution in [3.05, 3.63) is 47.4 Å². The summed E-state index contributed by atoms with van der Waals surface area (Å²) in [7, 11) is 0. The molecule has 5 heteroatoms. The first kappa shape index (κ1) is 14.2. The third kappa shape index (κ3) is 2.46. The monoisotopic (exact) mass is 289 g/mol. The van der Waals surface area contributed by atoms with Crippen molar-refractivity contribution in [2.24, 2.45) is 11.7 Å². The van der Waals surface area contributed by atoms with Crippen LogP contribution >= 0.6 is 0 Å². The highest BCUT2D eigenvalue weighted by Gasteiger charge is 2.44. The summed E-state index contributed by atoms with van der Waals surface area (Å²) in [4.78, 5) is 4.52. The Morgan fingerprint density at radius 2 is 1.81 bits per heavy atom. The number of nitrogens with zero attached hydrogens (tertiary/aromatic N) is 2. The highest BCUT2D eigenvalue weighted by atomic mass is 19.1. The minimum absolute atomic E-state index is 0.258. The van der Waals surface area contributed by atoms with Gasteiger partial charge in [-0.05, 0) is 57.2 Å². The lowest BCUT2D eigenvalue weighted by Crippen LogP contribution is -2.36. The second-order valence-electron chi connectivity index (χ2n) is 6.61. The Balaban J connectivity index is 1.92. The van der Waals surface area contributed by atoms with Crippen LogP contribution < -0.4 is 5.73 Å². The summed E-state index contributed by atoms with van der Waals surface area (Å²) in [6.45, 7) is 5.91. The molecule has 3 rings (SSSR count). The lowest BCUT2D eigenvalue weighted by molar-refractivity contribution is 0.271. The van der Waals surface area contributed by atoms with E-state index in [4.69, 9.17) is 10.3 Å². The third-order valence-corrected chi connectivity index (χ3v) is 4.44. The zero-order valence-corrected chi connectivity index (χ0v) is 12.6. The van der Waals surface area contributed by atoms with E-state index >= 15 is 0 Å². The molecule has 2 aromatic rings. The van der Waals surface area contributed by atoms with Crippen molar-refractivity contribution in [3.63, 3.8) is 0 Å². The Morgan fingerprint density at radius 1 is 1.19 bits per heavy atom. The van der Waals surface area contributed by atoms with Gasteiger partial charge < -0.3 is 10.3 Å². The Hall–Kier alpha value is -1.75. The molecule has 4 nitrogen and oxygen atoms in total. The Bertz CT molecular complexity index is 642. The van der Waals surface area contributed by atoms with Gasteiger partial charge in [-0.25, -0.2) is 4.39 Å². The van der Waals surface area contributed by atoms with Crippen molar-refractivity contribution in [1.82, 2.24) is 10.1 Å². The summed E-state index contributed by atoms with van der Waals surface area (Å²) in [5.41, 5.74) is 6.22. The molecule has 112 valence electrons. The van der Waals surface area contributed by atoms with E-state index < -0.39 is 11.0 Å². The number of rotatable bonds is 4. The van der Waals surface area contributed by atoms with Crippen molar-refractivity contribution < 1.29 is 8.91 Å². The summed E-state index contributed by atoms with van der Waals surface area (Å²) >= 11 is 0. The van der Waals surface area contributed by atoms with E-state index in [2.05, 4.69) is 10.1 Å². The molecule has 1 fully saturated rings. The summed E-state index contributed by atoms with van der Waals surface area (Å²) in [6, 6.07) is 6.37. The smallest absolute Gasteiger partial charge is 0.246 e. The maximum Gasteiger partial charge on any atom is 0.246 e. The summed E-state index contributed by atoms with van der Waals surface area (Å²) in [5.74, 6) is 1.21. The van der Waals surface area contributed by atoms with Gasteiger partial charge in [-0.2, -0.15) is 4.98 Å². The summed E-state index contributed by atoms with van der Waals surface area (Å²) in [5, 5.41) is 4.10. The molecule has 0 spiro atoms. The summed E-state index contributed by atoms with van der Waals surface area (Å²) in [6.07, 6.45) is 2.21. The molecule has 1 atom stereocenters. The maximum atomic E-state index is 13.1. The minimum Gasteiger partial charge on any atom is -0.337 e. The molecule has 1 unspecified atom stereocenters. The normalized spacial score (nSPS) is 18.5. The molecule has 1 aromatic carbocycles. The van der Waals surface area contributed by atoms with Gasteiger partial charge in [0.25, 0.3) is 0 Å². The average molecular weight is 289 g/mol. The molecule has 21 heavy (non-hydrogen) atoms. The van der Waals surface area contributed by atoms with Gasteiger partial charge in [0.15, 0.2) is 5.82 Å². The number of halogens is 1. The highest BCUT2D eigenvalue weighted by molar-refractivity contribution is 5.31. The van der Waals surface area contributed by atoms with E-state index in [1.807, 2.05) is 20.8 Å². The van der Waals surface area contributed by atoms with Crippen molar-refractivity contribution >= 4 is 0 Å². The molecule has 0 radical (unpaired) electrons. The van der Waals surface area contributed by atoms with Crippen molar-refractivity contribution in [2.75, 3.05) is 0 Å². The van der Waals surface area contributed by atoms with Crippen LogP contribution in [0.5, 0.6) is 0 Å². The fourth-order valence-corrected chi connectivity index (χ4v) is 2.55. The molecule has 1 aliphatic rings. The molecular weight excluding hydrogens is 269 g/mol. The topological polar surface area (TPSA) is 64.9 Å². The molecule has 1 heterocycles. The van der Waals surface area contributed by atoms with E-state index in [-0.39, 0.29) is 5.82 Å². The van der Waals surface area contributed by atoms with Crippen LogP contribution in [0.1, 0.15) is 50.9 Å². The fraction of sp³-hybridized carbons (Fsp3) is 0.500. The molecular formula is C16H20FN3O. The Morgan fingerprint density at radius 3 is 2.38 bits per heavy atom. The van der Waals surface area contributed by atoms with Gasteiger partial charge in [-0.3, -0.25) is 0 Å². The molecule has 0 aliphatic heterocycles. The van der Waals surface area contributed by atoms with Gasteiger partial charge in [0.1, 0.15) is 5.82 Å². The number of hydrogen-bond acceptors (Lipinski definition) is 4. The van der Waals surface area contributed by atoms with Crippen molar-refractivity contribution in [1.29, 1.82) is 0 Å². The number of benzene rings is 1. The molecule has 0 saturated heterocycles. The van der Waals surface area contributed by atoms with Crippen molar-refractivity contribution in [3.8, 4) is 0 Å². The van der Waals surface area contributed by atoms with E-state index in [1.54, 1.807) is 12.1 Å². The predicted molar refractivity (Wildman–Crippen MR) is 77.1 cm³/mol. The number of aromatic nitrogens is 2. The lowest BCUT2D eigenvalue weighted by Gasteiger charge is -2.21. The van der Waals surface area contributed by atoms with Crippen LogP contribution in [0.4, 0.5) is 4.39 Å². The first-order valence-electron chi connectivity index (χ1n) is 7.21. The quantitative estimate of drug-likeness (QED) is 0.939. The van der Waals surface area contributed by atoms with E-state index in [1.165, 1.54) is 12.1 Å². The zero-order valence-electron chi connectivity index (χ0n) is 12.6. The van der Waals surface area contributed by atoms with Gasteiger partial charge in [-0.15, -0.1) is 0 Å². The third-order valence-electron chi connectivity index (χ3n) is 4.44. The average Bonchev–Trinajstić information content (AvgIpc) is 3.16. The van der Waals surface area contributed by atoms with Gasteiger partial charge in [-0.1, -0.05) is 17.3 Å². The van der Waals surface area contributed by atoms with E-state index in [0.717, 1.165) is 18.4 Å². The van der Waals surface area contributed by atoms with Crippen LogP contribution in [0.2, 0.25) is 0 Å². The molecule has 1 aromatic heterocycles. The highest BCUT2D eigenvalue weighted by Crippen LogP contribution is 2.43. The van der Waals surface area contributed by atoms with Gasteiger partial charge in [0, 0.05) is 0 Å². The van der Waals surface area contributed by atoms with Crippen LogP contribution in [-0.2, 0) is 11.0 Å². The largest absolute Gasteiger partial charge is 0.337 e. The number of hydrogen-bond donors (Lipinski definition) is 1. The first-order valence-corrected chi connectivity index (χ1v) is 7.21. The summed E-state index contributed by atoms with van der Waals surface area (Å²) < 4.78 is 18.5. The Kier molecular flexibility index (Phi) is 3.13. The second kappa shape index (κ2) is 4.63. The maximum absolute atomic E-state index is 13.1. The molecule has 2 N–H and O–H groups in total. The SMILES string of the molecule is CC(C)(c1ccc(F)cc1)c1noc(C(C)(N)C2CC2)n1. The molecule has 1 aliphatic carbocycles. The number of nitrogens with two attached hydrogens (primary N) is 1. The van der Waals surface area contributed by atoms with Crippen LogP contribution in [0.3, 0.4) is 0 Å². The second-order valence-corrected chi connectivity index (χ2v) is 6.61. The molecule has 0 amide bonds. The van der Waals surface area contributed by atoms with Gasteiger partial charge in [0.05, 0.1) is 11.0 Å². The van der Waals surface area contributed by atoms with Crippen molar-refractivity contribution in [2.45, 2.75) is 44.6 Å². The van der Waals surface area contributed by atoms with Crippen LogP contribution in [-0.4, -0.2) is 10.1 Å². The minimum atomic E-state index is -0.565. The van der Waals surface area contributed by atoms with Crippen LogP contribution in [0.15, 0.2) is 28.8 Å².